The first kappa shape index (κ1) is 13.5. The molecule has 2 aromatic rings. The number of benzene rings is 2. The summed E-state index contributed by atoms with van der Waals surface area (Å²) in [7, 11) is 0. The third-order valence-corrected chi connectivity index (χ3v) is 3.09. The highest BCUT2D eigenvalue weighted by Crippen LogP contribution is 2.27. The zero-order valence-electron chi connectivity index (χ0n) is 9.58. The van der Waals surface area contributed by atoms with Crippen LogP contribution in [0.5, 0.6) is 11.5 Å². The molecule has 0 unspecified atom stereocenters. The minimum Gasteiger partial charge on any atom is -0.457 e. The number of hydrogen-bond donors (Lipinski definition) is 0. The van der Waals surface area contributed by atoms with Gasteiger partial charge in [-0.3, -0.25) is 14.9 Å². The zero-order valence-corrected chi connectivity index (χ0v) is 11.7. The van der Waals surface area contributed by atoms with Crippen molar-refractivity contribution in [3.63, 3.8) is 0 Å². The second-order valence-corrected chi connectivity index (χ2v) is 4.90. The topological polar surface area (TPSA) is 69.4 Å². The number of nitro benzene ring substituents is 1. The van der Waals surface area contributed by atoms with Crippen molar-refractivity contribution in [2.45, 2.75) is 0 Å². The Morgan fingerprint density at radius 1 is 1.11 bits per heavy atom. The first-order valence-corrected chi connectivity index (χ1v) is 6.35. The highest BCUT2D eigenvalue weighted by Gasteiger charge is 2.14. The fourth-order valence-electron chi connectivity index (χ4n) is 1.50. The summed E-state index contributed by atoms with van der Waals surface area (Å²) in [5.41, 5.74) is -0.238. The van der Waals surface area contributed by atoms with Gasteiger partial charge in [0.15, 0.2) is 6.29 Å². The van der Waals surface area contributed by atoms with Gasteiger partial charge in [-0.1, -0.05) is 0 Å². The van der Waals surface area contributed by atoms with Gasteiger partial charge >= 0.3 is 0 Å². The number of carbonyl (C=O) groups excluding carboxylic acids is 1. The average Bonchev–Trinajstić information content (AvgIpc) is 2.41. The second kappa shape index (κ2) is 5.79. The van der Waals surface area contributed by atoms with Gasteiger partial charge in [0.2, 0.25) is 0 Å². The number of halogens is 1. The van der Waals surface area contributed by atoms with Gasteiger partial charge in [0.05, 0.1) is 10.5 Å². The van der Waals surface area contributed by atoms with Crippen molar-refractivity contribution in [3.8, 4) is 11.5 Å². The molecule has 0 saturated carbocycles. The first-order valence-electron chi connectivity index (χ1n) is 5.27. The molecule has 0 amide bonds. The molecule has 0 radical (unpaired) electrons. The van der Waals surface area contributed by atoms with Crippen molar-refractivity contribution < 1.29 is 14.5 Å². The van der Waals surface area contributed by atoms with E-state index >= 15 is 0 Å². The molecule has 0 aromatic heterocycles. The predicted molar refractivity (Wildman–Crippen MR) is 77.7 cm³/mol. The second-order valence-electron chi connectivity index (χ2n) is 3.65. The van der Waals surface area contributed by atoms with Crippen molar-refractivity contribution in [2.24, 2.45) is 0 Å². The number of nitrogens with zero attached hydrogens (tertiary/aromatic N) is 1. The van der Waals surface area contributed by atoms with E-state index in [1.165, 1.54) is 18.2 Å². The molecular formula is C13H8INO4. The van der Waals surface area contributed by atoms with Crippen molar-refractivity contribution >= 4 is 34.6 Å². The van der Waals surface area contributed by atoms with E-state index in [-0.39, 0.29) is 11.3 Å². The van der Waals surface area contributed by atoms with Crippen molar-refractivity contribution in [2.75, 3.05) is 0 Å². The summed E-state index contributed by atoms with van der Waals surface area (Å²) >= 11 is 2.17. The molecule has 2 aromatic carbocycles. The first-order chi connectivity index (χ1) is 9.10. The van der Waals surface area contributed by atoms with Gasteiger partial charge in [-0.05, 0) is 59.0 Å². The largest absolute Gasteiger partial charge is 0.457 e. The number of carbonyl (C=O) groups is 1. The molecule has 0 atom stereocenters. The lowest BCUT2D eigenvalue weighted by Crippen LogP contribution is -1.95. The van der Waals surface area contributed by atoms with E-state index in [2.05, 4.69) is 22.6 Å². The molecule has 0 spiro atoms. The predicted octanol–water partition coefficient (Wildman–Crippen LogP) is 3.80. The van der Waals surface area contributed by atoms with E-state index in [9.17, 15) is 14.9 Å². The highest BCUT2D eigenvalue weighted by atomic mass is 127. The van der Waals surface area contributed by atoms with Gasteiger partial charge in [-0.15, -0.1) is 0 Å². The van der Waals surface area contributed by atoms with Crippen LogP contribution in [0, 0.1) is 13.7 Å². The number of nitro groups is 1. The molecular weight excluding hydrogens is 361 g/mol. The van der Waals surface area contributed by atoms with Crippen LogP contribution < -0.4 is 4.74 Å². The van der Waals surface area contributed by atoms with Crippen LogP contribution in [0.4, 0.5) is 5.69 Å². The molecule has 19 heavy (non-hydrogen) atoms. The Bertz CT molecular complexity index is 625. The van der Waals surface area contributed by atoms with Crippen LogP contribution in [0.15, 0.2) is 42.5 Å². The van der Waals surface area contributed by atoms with E-state index < -0.39 is 4.92 Å². The van der Waals surface area contributed by atoms with Gasteiger partial charge < -0.3 is 4.74 Å². The standard InChI is InChI=1S/C13H8INO4/c14-10-1-3-11(4-2-10)19-12-5-6-13(15(17)18)9(7-12)8-16/h1-8H. The molecule has 0 aliphatic carbocycles. The minimum absolute atomic E-state index is 0.00647. The molecule has 0 aliphatic rings. The fraction of sp³-hybridized carbons (Fsp3) is 0. The Morgan fingerprint density at radius 2 is 1.74 bits per heavy atom. The smallest absolute Gasteiger partial charge is 0.280 e. The SMILES string of the molecule is O=Cc1cc(Oc2ccc(I)cc2)ccc1[N+](=O)[O-]. The Kier molecular flexibility index (Phi) is 4.10. The van der Waals surface area contributed by atoms with E-state index in [1.807, 2.05) is 12.1 Å². The van der Waals surface area contributed by atoms with Crippen LogP contribution in [0.1, 0.15) is 10.4 Å². The summed E-state index contributed by atoms with van der Waals surface area (Å²) < 4.78 is 6.60. The molecule has 2 rings (SSSR count). The Hall–Kier alpha value is -1.96. The van der Waals surface area contributed by atoms with Gasteiger partial charge in [0.1, 0.15) is 11.5 Å². The van der Waals surface area contributed by atoms with E-state index in [1.54, 1.807) is 12.1 Å². The molecule has 0 heterocycles. The third kappa shape index (κ3) is 3.28. The van der Waals surface area contributed by atoms with Crippen molar-refractivity contribution in [3.05, 3.63) is 61.7 Å². The van der Waals surface area contributed by atoms with E-state index in [0.29, 0.717) is 17.8 Å². The van der Waals surface area contributed by atoms with Crippen molar-refractivity contribution in [1.29, 1.82) is 0 Å². The average molecular weight is 369 g/mol. The number of ether oxygens (including phenoxy) is 1. The summed E-state index contributed by atoms with van der Waals surface area (Å²) in [5, 5.41) is 10.7. The molecule has 0 saturated heterocycles. The van der Waals surface area contributed by atoms with Gasteiger partial charge in [-0.2, -0.15) is 0 Å². The maximum absolute atomic E-state index is 10.8. The molecule has 0 bridgehead atoms. The van der Waals surface area contributed by atoms with Crippen LogP contribution in [0.3, 0.4) is 0 Å². The van der Waals surface area contributed by atoms with Crippen LogP contribution in [0.2, 0.25) is 0 Å². The zero-order chi connectivity index (χ0) is 13.8. The maximum atomic E-state index is 10.8. The molecule has 6 heteroatoms. The monoisotopic (exact) mass is 369 g/mol. The summed E-state index contributed by atoms with van der Waals surface area (Å²) in [5.74, 6) is 0.986. The van der Waals surface area contributed by atoms with Crippen molar-refractivity contribution in [1.82, 2.24) is 0 Å². The van der Waals surface area contributed by atoms with E-state index in [4.69, 9.17) is 4.74 Å². The third-order valence-electron chi connectivity index (χ3n) is 2.37. The van der Waals surface area contributed by atoms with Crippen LogP contribution in [0.25, 0.3) is 0 Å². The van der Waals surface area contributed by atoms with Crippen LogP contribution >= 0.6 is 22.6 Å². The Morgan fingerprint density at radius 3 is 2.32 bits per heavy atom. The van der Waals surface area contributed by atoms with Crippen LogP contribution in [-0.4, -0.2) is 11.2 Å². The Labute approximate surface area is 122 Å². The maximum Gasteiger partial charge on any atom is 0.280 e. The van der Waals surface area contributed by atoms with E-state index in [0.717, 1.165) is 3.57 Å². The lowest BCUT2D eigenvalue weighted by atomic mass is 10.2. The normalized spacial score (nSPS) is 9.95. The number of hydrogen-bond acceptors (Lipinski definition) is 4. The van der Waals surface area contributed by atoms with Gasteiger partial charge in [0, 0.05) is 9.64 Å². The molecule has 0 fully saturated rings. The fourth-order valence-corrected chi connectivity index (χ4v) is 1.86. The highest BCUT2D eigenvalue weighted by molar-refractivity contribution is 14.1. The summed E-state index contributed by atoms with van der Waals surface area (Å²) in [6.07, 6.45) is 0.443. The number of rotatable bonds is 4. The summed E-state index contributed by atoms with van der Waals surface area (Å²) in [4.78, 5) is 20.9. The Balaban J connectivity index is 2.29. The lowest BCUT2D eigenvalue weighted by molar-refractivity contribution is -0.385. The van der Waals surface area contributed by atoms with Gasteiger partial charge in [0.25, 0.3) is 5.69 Å². The molecule has 96 valence electrons. The summed E-state index contributed by atoms with van der Waals surface area (Å²) in [6, 6.07) is 11.4. The molecule has 0 aliphatic heterocycles. The lowest BCUT2D eigenvalue weighted by Gasteiger charge is -2.06. The molecule has 0 N–H and O–H groups in total. The van der Waals surface area contributed by atoms with Gasteiger partial charge in [-0.25, -0.2) is 0 Å². The van der Waals surface area contributed by atoms with Crippen LogP contribution in [-0.2, 0) is 0 Å². The minimum atomic E-state index is -0.599. The molecule has 5 nitrogen and oxygen atoms in total. The quantitative estimate of drug-likeness (QED) is 0.356. The summed E-state index contributed by atoms with van der Waals surface area (Å²) in [6.45, 7) is 0. The number of aldehydes is 1.